The normalized spacial score (nSPS) is 10.7. The standard InChI is InChI=1S/C9H6BrFN2O/c10-5-1-2-6(11)4-3-7(9(12)13)14-8(4)5/h1-3H,(H3,12,13). The minimum absolute atomic E-state index is 0.172. The van der Waals surface area contributed by atoms with E-state index in [-0.39, 0.29) is 17.4 Å². The molecule has 2 aromatic rings. The third-order valence-corrected chi connectivity index (χ3v) is 2.47. The van der Waals surface area contributed by atoms with Crippen molar-refractivity contribution in [2.24, 2.45) is 5.73 Å². The zero-order chi connectivity index (χ0) is 10.3. The molecule has 0 amide bonds. The largest absolute Gasteiger partial charge is 0.452 e. The Hall–Kier alpha value is -1.36. The van der Waals surface area contributed by atoms with Crippen molar-refractivity contribution in [3.05, 3.63) is 34.2 Å². The van der Waals surface area contributed by atoms with Crippen LogP contribution in [0.3, 0.4) is 0 Å². The van der Waals surface area contributed by atoms with E-state index in [0.717, 1.165) is 0 Å². The Morgan fingerprint density at radius 3 is 2.79 bits per heavy atom. The van der Waals surface area contributed by atoms with Gasteiger partial charge in [0.05, 0.1) is 9.86 Å². The van der Waals surface area contributed by atoms with Crippen molar-refractivity contribution in [2.45, 2.75) is 0 Å². The van der Waals surface area contributed by atoms with Crippen molar-refractivity contribution in [2.75, 3.05) is 0 Å². The highest BCUT2D eigenvalue weighted by Crippen LogP contribution is 2.28. The second kappa shape index (κ2) is 3.09. The van der Waals surface area contributed by atoms with Crippen molar-refractivity contribution in [1.29, 1.82) is 5.41 Å². The fraction of sp³-hybridized carbons (Fsp3) is 0. The fourth-order valence-electron chi connectivity index (χ4n) is 1.19. The highest BCUT2D eigenvalue weighted by molar-refractivity contribution is 9.10. The summed E-state index contributed by atoms with van der Waals surface area (Å²) in [7, 11) is 0. The molecule has 0 saturated carbocycles. The second-order valence-electron chi connectivity index (χ2n) is 2.80. The minimum Gasteiger partial charge on any atom is -0.452 e. The van der Waals surface area contributed by atoms with Gasteiger partial charge in [-0.05, 0) is 34.1 Å². The maximum absolute atomic E-state index is 13.3. The summed E-state index contributed by atoms with van der Waals surface area (Å²) >= 11 is 3.22. The first-order valence-electron chi connectivity index (χ1n) is 3.81. The monoisotopic (exact) mass is 256 g/mol. The molecule has 3 nitrogen and oxygen atoms in total. The van der Waals surface area contributed by atoms with Crippen molar-refractivity contribution in [1.82, 2.24) is 0 Å². The van der Waals surface area contributed by atoms with E-state index in [1.165, 1.54) is 12.1 Å². The second-order valence-corrected chi connectivity index (χ2v) is 3.65. The third-order valence-electron chi connectivity index (χ3n) is 1.85. The van der Waals surface area contributed by atoms with Crippen molar-refractivity contribution in [3.63, 3.8) is 0 Å². The molecule has 0 spiro atoms. The summed E-state index contributed by atoms with van der Waals surface area (Å²) in [6, 6.07) is 4.29. The molecule has 72 valence electrons. The number of rotatable bonds is 1. The maximum atomic E-state index is 13.3. The van der Waals surface area contributed by atoms with Gasteiger partial charge in [0.2, 0.25) is 0 Å². The molecule has 0 radical (unpaired) electrons. The van der Waals surface area contributed by atoms with Gasteiger partial charge < -0.3 is 10.2 Å². The summed E-state index contributed by atoms with van der Waals surface area (Å²) < 4.78 is 19.1. The highest BCUT2D eigenvalue weighted by Gasteiger charge is 2.12. The van der Waals surface area contributed by atoms with E-state index in [1.54, 1.807) is 6.07 Å². The Morgan fingerprint density at radius 2 is 2.21 bits per heavy atom. The predicted molar refractivity (Wildman–Crippen MR) is 54.9 cm³/mol. The molecule has 0 aliphatic rings. The first kappa shape index (κ1) is 9.21. The first-order valence-corrected chi connectivity index (χ1v) is 4.61. The van der Waals surface area contributed by atoms with E-state index in [2.05, 4.69) is 15.9 Å². The van der Waals surface area contributed by atoms with Crippen LogP contribution >= 0.6 is 15.9 Å². The minimum atomic E-state index is -0.389. The molecule has 5 heteroatoms. The third kappa shape index (κ3) is 1.29. The van der Waals surface area contributed by atoms with Gasteiger partial charge in [0.15, 0.2) is 17.2 Å². The number of halogens is 2. The molecule has 2 rings (SSSR count). The first-order chi connectivity index (χ1) is 6.59. The quantitative estimate of drug-likeness (QED) is 0.609. The van der Waals surface area contributed by atoms with Crippen LogP contribution in [0.4, 0.5) is 4.39 Å². The molecule has 1 aromatic carbocycles. The van der Waals surface area contributed by atoms with Crippen LogP contribution in [-0.4, -0.2) is 5.84 Å². The van der Waals surface area contributed by atoms with Crippen molar-refractivity contribution in [3.8, 4) is 0 Å². The Morgan fingerprint density at radius 1 is 1.50 bits per heavy atom. The molecule has 3 N–H and O–H groups in total. The predicted octanol–water partition coefficient (Wildman–Crippen LogP) is 2.62. The van der Waals surface area contributed by atoms with Crippen LogP contribution in [-0.2, 0) is 0 Å². The molecule has 0 aliphatic carbocycles. The van der Waals surface area contributed by atoms with Gasteiger partial charge >= 0.3 is 0 Å². The fourth-order valence-corrected chi connectivity index (χ4v) is 1.62. The van der Waals surface area contributed by atoms with E-state index >= 15 is 0 Å². The summed E-state index contributed by atoms with van der Waals surface area (Å²) in [5.74, 6) is -0.433. The SMILES string of the molecule is N=C(N)c1cc2c(F)ccc(Br)c2o1. The van der Waals surface area contributed by atoms with Gasteiger partial charge in [0.25, 0.3) is 0 Å². The lowest BCUT2D eigenvalue weighted by Gasteiger charge is -1.92. The molecule has 1 heterocycles. The Labute approximate surface area is 87.3 Å². The van der Waals surface area contributed by atoms with Gasteiger partial charge in [-0.15, -0.1) is 0 Å². The summed E-state index contributed by atoms with van der Waals surface area (Å²) in [5, 5.41) is 7.48. The topological polar surface area (TPSA) is 63.0 Å². The highest BCUT2D eigenvalue weighted by atomic mass is 79.9. The van der Waals surface area contributed by atoms with Crippen LogP contribution in [0, 0.1) is 11.2 Å². The van der Waals surface area contributed by atoms with Crippen LogP contribution in [0.15, 0.2) is 27.1 Å². The van der Waals surface area contributed by atoms with E-state index in [0.29, 0.717) is 15.4 Å². The Balaban J connectivity index is 2.82. The van der Waals surface area contributed by atoms with Gasteiger partial charge in [-0.25, -0.2) is 4.39 Å². The number of benzene rings is 1. The molecule has 0 fully saturated rings. The lowest BCUT2D eigenvalue weighted by Crippen LogP contribution is -2.09. The summed E-state index contributed by atoms with van der Waals surface area (Å²) in [5.41, 5.74) is 5.60. The average molecular weight is 257 g/mol. The molecule has 14 heavy (non-hydrogen) atoms. The van der Waals surface area contributed by atoms with Crippen LogP contribution < -0.4 is 5.73 Å². The lowest BCUT2D eigenvalue weighted by atomic mass is 10.2. The number of nitrogen functional groups attached to an aromatic ring is 1. The van der Waals surface area contributed by atoms with Gasteiger partial charge in [0, 0.05) is 0 Å². The smallest absolute Gasteiger partial charge is 0.169 e. The van der Waals surface area contributed by atoms with Crippen molar-refractivity contribution >= 4 is 32.7 Å². The summed E-state index contributed by atoms with van der Waals surface area (Å²) in [6.07, 6.45) is 0. The Bertz CT molecular complexity index is 482. The zero-order valence-corrected chi connectivity index (χ0v) is 8.56. The molecule has 0 saturated heterocycles. The van der Waals surface area contributed by atoms with Crippen LogP contribution in [0.2, 0.25) is 0 Å². The number of nitrogens with two attached hydrogens (primary N) is 1. The molecular weight excluding hydrogens is 251 g/mol. The van der Waals surface area contributed by atoms with E-state index in [1.807, 2.05) is 0 Å². The summed E-state index contributed by atoms with van der Waals surface area (Å²) in [6.45, 7) is 0. The van der Waals surface area contributed by atoms with Gasteiger partial charge in [0.1, 0.15) is 5.82 Å². The molecule has 0 unspecified atom stereocenters. The number of fused-ring (bicyclic) bond motifs is 1. The molecule has 0 atom stereocenters. The molecular formula is C9H6BrFN2O. The van der Waals surface area contributed by atoms with Gasteiger partial charge in [-0.3, -0.25) is 5.41 Å². The van der Waals surface area contributed by atoms with Gasteiger partial charge in [-0.1, -0.05) is 0 Å². The number of furan rings is 1. The van der Waals surface area contributed by atoms with Crippen LogP contribution in [0.1, 0.15) is 5.76 Å². The van der Waals surface area contributed by atoms with E-state index in [9.17, 15) is 4.39 Å². The van der Waals surface area contributed by atoms with Crippen molar-refractivity contribution < 1.29 is 8.81 Å². The average Bonchev–Trinajstić information content (AvgIpc) is 2.57. The molecule has 1 aromatic heterocycles. The Kier molecular flexibility index (Phi) is 2.03. The number of hydrogen-bond donors (Lipinski definition) is 2. The molecule has 0 bridgehead atoms. The van der Waals surface area contributed by atoms with Crippen LogP contribution in [0.25, 0.3) is 11.0 Å². The number of hydrogen-bond acceptors (Lipinski definition) is 2. The number of amidine groups is 1. The van der Waals surface area contributed by atoms with Crippen LogP contribution in [0.5, 0.6) is 0 Å². The van der Waals surface area contributed by atoms with E-state index in [4.69, 9.17) is 15.6 Å². The van der Waals surface area contributed by atoms with E-state index < -0.39 is 0 Å². The molecule has 0 aliphatic heterocycles. The maximum Gasteiger partial charge on any atom is 0.169 e. The summed E-state index contributed by atoms with van der Waals surface area (Å²) in [4.78, 5) is 0. The van der Waals surface area contributed by atoms with Gasteiger partial charge in [-0.2, -0.15) is 0 Å². The number of nitrogens with one attached hydrogen (secondary N) is 1. The lowest BCUT2D eigenvalue weighted by molar-refractivity contribution is 0.597. The zero-order valence-electron chi connectivity index (χ0n) is 6.97.